The van der Waals surface area contributed by atoms with Crippen molar-refractivity contribution in [2.75, 3.05) is 39.8 Å². The highest BCUT2D eigenvalue weighted by atomic mass is 16.5. The number of amidine groups is 1. The van der Waals surface area contributed by atoms with Crippen molar-refractivity contribution in [3.8, 4) is 11.5 Å². The number of benzene rings is 2. The zero-order valence-electron chi connectivity index (χ0n) is 19.4. The van der Waals surface area contributed by atoms with E-state index in [1.807, 2.05) is 38.9 Å². The topological polar surface area (TPSA) is 83.0 Å². The number of aliphatic imine (C=N–C) groups is 1. The van der Waals surface area contributed by atoms with E-state index in [2.05, 4.69) is 27.0 Å². The monoisotopic (exact) mass is 435 g/mol. The van der Waals surface area contributed by atoms with Gasteiger partial charge in [0.2, 0.25) is 5.95 Å². The van der Waals surface area contributed by atoms with E-state index in [1.165, 1.54) is 11.1 Å². The van der Waals surface area contributed by atoms with Crippen LogP contribution in [0.2, 0.25) is 0 Å². The molecule has 8 nitrogen and oxygen atoms in total. The summed E-state index contributed by atoms with van der Waals surface area (Å²) in [5, 5.41) is 0.514. The zero-order valence-corrected chi connectivity index (χ0v) is 19.4. The first-order chi connectivity index (χ1) is 15.3. The summed E-state index contributed by atoms with van der Waals surface area (Å²) >= 11 is 0. The summed E-state index contributed by atoms with van der Waals surface area (Å²) in [5.74, 6) is 2.64. The van der Waals surface area contributed by atoms with E-state index in [-0.39, 0.29) is 5.56 Å². The van der Waals surface area contributed by atoms with Crippen molar-refractivity contribution < 1.29 is 9.47 Å². The fraction of sp³-hybridized carbons (Fsp3) is 0.375. The van der Waals surface area contributed by atoms with Crippen LogP contribution in [0, 0.1) is 6.92 Å². The summed E-state index contributed by atoms with van der Waals surface area (Å²) in [4.78, 5) is 29.5. The van der Waals surface area contributed by atoms with E-state index in [0.29, 0.717) is 40.5 Å². The van der Waals surface area contributed by atoms with Crippen molar-refractivity contribution in [2.45, 2.75) is 26.8 Å². The Morgan fingerprint density at radius 1 is 1.25 bits per heavy atom. The highest BCUT2D eigenvalue weighted by molar-refractivity contribution is 5.87. The van der Waals surface area contributed by atoms with Crippen LogP contribution in [0.15, 0.2) is 34.1 Å². The maximum Gasteiger partial charge on any atom is 0.282 e. The molecule has 0 fully saturated rings. The van der Waals surface area contributed by atoms with Gasteiger partial charge in [-0.25, -0.2) is 4.99 Å². The summed E-state index contributed by atoms with van der Waals surface area (Å²) in [6.07, 6.45) is 0.822. The van der Waals surface area contributed by atoms with Crippen LogP contribution >= 0.6 is 0 Å². The van der Waals surface area contributed by atoms with E-state index >= 15 is 0 Å². The third kappa shape index (κ3) is 3.77. The van der Waals surface area contributed by atoms with Crippen molar-refractivity contribution in [3.05, 3.63) is 51.3 Å². The molecule has 168 valence electrons. The Labute approximate surface area is 187 Å². The minimum atomic E-state index is -0.280. The molecule has 8 heteroatoms. The number of H-pyrrole nitrogens is 1. The van der Waals surface area contributed by atoms with Gasteiger partial charge in [0.05, 0.1) is 30.8 Å². The molecule has 1 aliphatic rings. The second kappa shape index (κ2) is 8.53. The number of hydrogen-bond acceptors (Lipinski definition) is 6. The first-order valence-corrected chi connectivity index (χ1v) is 10.6. The number of ether oxygens (including phenoxy) is 2. The second-order valence-corrected chi connectivity index (χ2v) is 8.17. The molecule has 32 heavy (non-hydrogen) atoms. The molecule has 0 aliphatic carbocycles. The number of nitrogens with one attached hydrogen (secondary N) is 1. The molecule has 0 amide bonds. The maximum atomic E-state index is 12.9. The molecule has 0 spiro atoms. The molecule has 0 atom stereocenters. The number of aromatic nitrogens is 2. The van der Waals surface area contributed by atoms with Gasteiger partial charge in [0.25, 0.3) is 5.56 Å². The largest absolute Gasteiger partial charge is 0.493 e. The molecule has 0 unspecified atom stereocenters. The lowest BCUT2D eigenvalue weighted by atomic mass is 9.98. The van der Waals surface area contributed by atoms with Gasteiger partial charge in [-0.1, -0.05) is 12.1 Å². The minimum absolute atomic E-state index is 0.280. The molecule has 0 bridgehead atoms. The summed E-state index contributed by atoms with van der Waals surface area (Å²) in [6.45, 7) is 5.24. The highest BCUT2D eigenvalue weighted by Crippen LogP contribution is 2.36. The van der Waals surface area contributed by atoms with Crippen LogP contribution in [0.25, 0.3) is 10.9 Å². The van der Waals surface area contributed by atoms with E-state index in [4.69, 9.17) is 14.5 Å². The minimum Gasteiger partial charge on any atom is -0.493 e. The number of aromatic amines is 1. The van der Waals surface area contributed by atoms with Gasteiger partial charge in [-0.05, 0) is 37.5 Å². The molecule has 4 rings (SSSR count). The van der Waals surface area contributed by atoms with Crippen molar-refractivity contribution in [3.63, 3.8) is 0 Å². The number of nitrogens with zero attached hydrogens (tertiary/aromatic N) is 4. The third-order valence-electron chi connectivity index (χ3n) is 6.05. The molecule has 1 N–H and O–H groups in total. The van der Waals surface area contributed by atoms with Crippen LogP contribution in [0.4, 0.5) is 11.6 Å². The Morgan fingerprint density at radius 3 is 2.72 bits per heavy atom. The van der Waals surface area contributed by atoms with Gasteiger partial charge < -0.3 is 24.3 Å². The lowest BCUT2D eigenvalue weighted by Gasteiger charge is -2.30. The second-order valence-electron chi connectivity index (χ2n) is 8.17. The van der Waals surface area contributed by atoms with Gasteiger partial charge in [0.1, 0.15) is 5.84 Å². The SMILES string of the molecule is COc1cc2[nH]c(N3CCc4c(cccc4N=C(C)N(C)C)C3)nc(=O)c2c(C)c1OC. The Morgan fingerprint density at radius 2 is 2.03 bits per heavy atom. The smallest absolute Gasteiger partial charge is 0.282 e. The molecular formula is C24H29N5O3. The van der Waals surface area contributed by atoms with Gasteiger partial charge in [0.15, 0.2) is 11.5 Å². The predicted octanol–water partition coefficient (Wildman–Crippen LogP) is 3.42. The number of anilines is 1. The Balaban J connectivity index is 1.73. The normalized spacial score (nSPS) is 13.8. The van der Waals surface area contributed by atoms with Gasteiger partial charge in [-0.15, -0.1) is 0 Å². The number of rotatable bonds is 4. The number of aryl methyl sites for hydroxylation is 1. The van der Waals surface area contributed by atoms with Crippen molar-refractivity contribution in [1.29, 1.82) is 0 Å². The molecule has 2 aromatic carbocycles. The van der Waals surface area contributed by atoms with Crippen molar-refractivity contribution in [1.82, 2.24) is 14.9 Å². The molecular weight excluding hydrogens is 406 g/mol. The van der Waals surface area contributed by atoms with Crippen LogP contribution in [-0.4, -0.2) is 55.6 Å². The van der Waals surface area contributed by atoms with Gasteiger partial charge in [0, 0.05) is 38.8 Å². The highest BCUT2D eigenvalue weighted by Gasteiger charge is 2.22. The number of methoxy groups -OCH3 is 2. The third-order valence-corrected chi connectivity index (χ3v) is 6.05. The van der Waals surface area contributed by atoms with Crippen LogP contribution in [0.3, 0.4) is 0 Å². The fourth-order valence-corrected chi connectivity index (χ4v) is 4.15. The fourth-order valence-electron chi connectivity index (χ4n) is 4.15. The Hall–Kier alpha value is -3.55. The maximum absolute atomic E-state index is 12.9. The average Bonchev–Trinajstić information content (AvgIpc) is 2.78. The van der Waals surface area contributed by atoms with E-state index < -0.39 is 0 Å². The Kier molecular flexibility index (Phi) is 5.78. The molecule has 3 aromatic rings. The molecule has 0 radical (unpaired) electrons. The van der Waals surface area contributed by atoms with Gasteiger partial charge in [-0.2, -0.15) is 4.98 Å². The quantitative estimate of drug-likeness (QED) is 0.499. The molecule has 2 heterocycles. The average molecular weight is 436 g/mol. The molecule has 1 aromatic heterocycles. The summed E-state index contributed by atoms with van der Waals surface area (Å²) < 4.78 is 10.9. The van der Waals surface area contributed by atoms with Crippen LogP contribution in [0.1, 0.15) is 23.6 Å². The van der Waals surface area contributed by atoms with Crippen molar-refractivity contribution in [2.24, 2.45) is 4.99 Å². The van der Waals surface area contributed by atoms with E-state index in [1.54, 1.807) is 20.3 Å². The van der Waals surface area contributed by atoms with E-state index in [9.17, 15) is 4.79 Å². The molecule has 0 saturated heterocycles. The number of hydrogen-bond donors (Lipinski definition) is 1. The lowest BCUT2D eigenvalue weighted by Crippen LogP contribution is -2.33. The van der Waals surface area contributed by atoms with Gasteiger partial charge >= 0.3 is 0 Å². The van der Waals surface area contributed by atoms with E-state index in [0.717, 1.165) is 24.5 Å². The standard InChI is InChI=1S/C24H29N5O3/c1-14-21-19(12-20(31-5)22(14)32-6)26-24(27-23(21)30)29-11-10-17-16(13-29)8-7-9-18(17)25-15(2)28(3)4/h7-9,12H,10-11,13H2,1-6H3,(H,26,27,30). The van der Waals surface area contributed by atoms with Crippen molar-refractivity contribution >= 4 is 28.4 Å². The first-order valence-electron chi connectivity index (χ1n) is 10.6. The molecule has 0 saturated carbocycles. The van der Waals surface area contributed by atoms with Crippen LogP contribution in [0.5, 0.6) is 11.5 Å². The summed E-state index contributed by atoms with van der Waals surface area (Å²) in [7, 11) is 7.13. The first kappa shape index (κ1) is 21.7. The summed E-state index contributed by atoms with van der Waals surface area (Å²) in [6, 6.07) is 7.99. The predicted molar refractivity (Wildman–Crippen MR) is 128 cm³/mol. The van der Waals surface area contributed by atoms with Crippen LogP contribution in [-0.2, 0) is 13.0 Å². The zero-order chi connectivity index (χ0) is 23.0. The van der Waals surface area contributed by atoms with Gasteiger partial charge in [-0.3, -0.25) is 4.79 Å². The van der Waals surface area contributed by atoms with Crippen LogP contribution < -0.4 is 19.9 Å². The Bertz CT molecular complexity index is 1260. The lowest BCUT2D eigenvalue weighted by molar-refractivity contribution is 0.354. The summed E-state index contributed by atoms with van der Waals surface area (Å²) in [5.41, 5.74) is 4.55. The molecule has 1 aliphatic heterocycles. The number of fused-ring (bicyclic) bond motifs is 2.